The Morgan fingerprint density at radius 2 is 1.66 bits per heavy atom. The SMILES string of the molecule is O=C(O)c1cccc2c1N[C@H](c1ccccc1[N+](=O)[O-])[C@H]1Cc3ccccc3[C@@H]21. The molecule has 29 heavy (non-hydrogen) atoms. The summed E-state index contributed by atoms with van der Waals surface area (Å²) in [4.78, 5) is 23.2. The van der Waals surface area contributed by atoms with Gasteiger partial charge in [-0.3, -0.25) is 10.1 Å². The molecule has 1 aliphatic heterocycles. The largest absolute Gasteiger partial charge is 0.478 e. The van der Waals surface area contributed by atoms with Crippen LogP contribution in [0.5, 0.6) is 0 Å². The molecule has 0 fully saturated rings. The lowest BCUT2D eigenvalue weighted by molar-refractivity contribution is -0.385. The Labute approximate surface area is 167 Å². The number of hydrogen-bond acceptors (Lipinski definition) is 4. The van der Waals surface area contributed by atoms with Crippen LogP contribution >= 0.6 is 0 Å². The molecule has 2 aliphatic rings. The molecule has 1 aliphatic carbocycles. The van der Waals surface area contributed by atoms with Gasteiger partial charge in [-0.25, -0.2) is 4.79 Å². The first-order chi connectivity index (χ1) is 14.1. The molecule has 0 saturated carbocycles. The van der Waals surface area contributed by atoms with Crippen molar-refractivity contribution in [2.24, 2.45) is 5.92 Å². The number of benzene rings is 3. The van der Waals surface area contributed by atoms with Crippen molar-refractivity contribution < 1.29 is 14.8 Å². The third-order valence-corrected chi connectivity index (χ3v) is 6.13. The number of nitrogens with zero attached hydrogens (tertiary/aromatic N) is 1. The molecule has 144 valence electrons. The lowest BCUT2D eigenvalue weighted by Crippen LogP contribution is -2.32. The van der Waals surface area contributed by atoms with Gasteiger partial charge in [0.1, 0.15) is 0 Å². The molecule has 1 heterocycles. The molecule has 6 heteroatoms. The number of nitrogens with one attached hydrogen (secondary N) is 1. The minimum Gasteiger partial charge on any atom is -0.478 e. The first-order valence-electron chi connectivity index (χ1n) is 9.50. The second-order valence-electron chi connectivity index (χ2n) is 7.56. The van der Waals surface area contributed by atoms with Gasteiger partial charge in [-0.2, -0.15) is 0 Å². The van der Waals surface area contributed by atoms with Gasteiger partial charge >= 0.3 is 5.97 Å². The lowest BCUT2D eigenvalue weighted by atomic mass is 9.74. The van der Waals surface area contributed by atoms with Crippen molar-refractivity contribution in [1.82, 2.24) is 0 Å². The van der Waals surface area contributed by atoms with E-state index < -0.39 is 5.97 Å². The Hall–Kier alpha value is -3.67. The summed E-state index contributed by atoms with van der Waals surface area (Å²) in [5.74, 6) is -0.961. The summed E-state index contributed by atoms with van der Waals surface area (Å²) in [6, 6.07) is 19.8. The summed E-state index contributed by atoms with van der Waals surface area (Å²) in [5, 5.41) is 24.8. The number of fused-ring (bicyclic) bond motifs is 5. The fraction of sp³-hybridized carbons (Fsp3) is 0.174. The number of rotatable bonds is 3. The standard InChI is InChI=1S/C23H18N2O4/c26-23(27)17-10-5-9-16-20-14-7-2-1-6-13(14)12-18(20)21(24-22(16)17)15-8-3-4-11-19(15)25(28)29/h1-11,18,20-21,24H,12H2,(H,26,27)/t18-,20-,21+/m0/s1. The van der Waals surface area contributed by atoms with Crippen LogP contribution in [-0.4, -0.2) is 16.0 Å². The zero-order valence-corrected chi connectivity index (χ0v) is 15.4. The number of nitro groups is 1. The molecular weight excluding hydrogens is 368 g/mol. The highest BCUT2D eigenvalue weighted by Gasteiger charge is 2.45. The van der Waals surface area contributed by atoms with E-state index in [0.29, 0.717) is 11.3 Å². The second-order valence-corrected chi connectivity index (χ2v) is 7.56. The molecule has 3 aromatic carbocycles. The maximum Gasteiger partial charge on any atom is 0.337 e. The van der Waals surface area contributed by atoms with Crippen LogP contribution in [0.3, 0.4) is 0 Å². The van der Waals surface area contributed by atoms with E-state index in [1.165, 1.54) is 17.2 Å². The summed E-state index contributed by atoms with van der Waals surface area (Å²) in [5.41, 5.74) is 4.71. The molecule has 0 aromatic heterocycles. The summed E-state index contributed by atoms with van der Waals surface area (Å²) in [6.45, 7) is 0. The molecule has 3 atom stereocenters. The van der Waals surface area contributed by atoms with Gasteiger partial charge in [-0.05, 0) is 35.1 Å². The number of carboxylic acids is 1. The van der Waals surface area contributed by atoms with E-state index >= 15 is 0 Å². The van der Waals surface area contributed by atoms with Gasteiger partial charge in [-0.1, -0.05) is 54.6 Å². The average molecular weight is 386 g/mol. The Morgan fingerprint density at radius 3 is 2.41 bits per heavy atom. The topological polar surface area (TPSA) is 92.5 Å². The summed E-state index contributed by atoms with van der Waals surface area (Å²) in [7, 11) is 0. The molecule has 0 radical (unpaired) electrons. The van der Waals surface area contributed by atoms with Crippen LogP contribution in [0, 0.1) is 16.0 Å². The van der Waals surface area contributed by atoms with E-state index in [-0.39, 0.29) is 34.1 Å². The number of aromatic carboxylic acids is 1. The highest BCUT2D eigenvalue weighted by Crippen LogP contribution is 2.55. The fourth-order valence-corrected chi connectivity index (χ4v) is 4.99. The van der Waals surface area contributed by atoms with E-state index in [2.05, 4.69) is 17.4 Å². The number of hydrogen-bond donors (Lipinski definition) is 2. The number of nitro benzene ring substituents is 1. The molecule has 0 unspecified atom stereocenters. The number of anilines is 1. The predicted molar refractivity (Wildman–Crippen MR) is 108 cm³/mol. The number of carbonyl (C=O) groups is 1. The highest BCUT2D eigenvalue weighted by molar-refractivity contribution is 5.96. The quantitative estimate of drug-likeness (QED) is 0.500. The zero-order valence-electron chi connectivity index (χ0n) is 15.4. The van der Waals surface area contributed by atoms with Gasteiger partial charge in [0.25, 0.3) is 5.69 Å². The first-order valence-corrected chi connectivity index (χ1v) is 9.50. The van der Waals surface area contributed by atoms with Crippen LogP contribution in [0.4, 0.5) is 11.4 Å². The number of carboxylic acid groups (broad SMARTS) is 1. The van der Waals surface area contributed by atoms with Crippen LogP contribution in [0.15, 0.2) is 66.7 Å². The molecule has 0 saturated heterocycles. The third-order valence-electron chi connectivity index (χ3n) is 6.13. The lowest BCUT2D eigenvalue weighted by Gasteiger charge is -2.38. The molecular formula is C23H18N2O4. The van der Waals surface area contributed by atoms with Crippen molar-refractivity contribution in [3.05, 3.63) is 105 Å². The first kappa shape index (κ1) is 17.4. The van der Waals surface area contributed by atoms with Crippen LogP contribution in [0.2, 0.25) is 0 Å². The Morgan fingerprint density at radius 1 is 0.966 bits per heavy atom. The monoisotopic (exact) mass is 386 g/mol. The fourth-order valence-electron chi connectivity index (χ4n) is 4.99. The molecule has 2 N–H and O–H groups in total. The van der Waals surface area contributed by atoms with Crippen molar-refractivity contribution in [3.8, 4) is 0 Å². The van der Waals surface area contributed by atoms with Gasteiger partial charge in [-0.15, -0.1) is 0 Å². The van der Waals surface area contributed by atoms with E-state index in [1.54, 1.807) is 30.3 Å². The van der Waals surface area contributed by atoms with Crippen LogP contribution in [0.25, 0.3) is 0 Å². The van der Waals surface area contributed by atoms with Crippen molar-refractivity contribution >= 4 is 17.3 Å². The average Bonchev–Trinajstić information content (AvgIpc) is 3.12. The van der Waals surface area contributed by atoms with Crippen molar-refractivity contribution in [2.45, 2.75) is 18.4 Å². The van der Waals surface area contributed by atoms with E-state index in [1.807, 2.05) is 18.2 Å². The minimum absolute atomic E-state index is 0.00781. The maximum absolute atomic E-state index is 11.9. The van der Waals surface area contributed by atoms with Crippen LogP contribution in [0.1, 0.15) is 44.6 Å². The van der Waals surface area contributed by atoms with Crippen LogP contribution < -0.4 is 5.32 Å². The van der Waals surface area contributed by atoms with Gasteiger partial charge in [0.15, 0.2) is 0 Å². The smallest absolute Gasteiger partial charge is 0.337 e. The van der Waals surface area contributed by atoms with E-state index in [0.717, 1.165) is 12.0 Å². The number of para-hydroxylation sites is 2. The van der Waals surface area contributed by atoms with E-state index in [9.17, 15) is 20.0 Å². The Balaban J connectivity index is 1.75. The molecule has 0 amide bonds. The Kier molecular flexibility index (Phi) is 3.87. The molecule has 0 spiro atoms. The van der Waals surface area contributed by atoms with Gasteiger partial charge in [0.05, 0.1) is 27.8 Å². The minimum atomic E-state index is -1.01. The van der Waals surface area contributed by atoms with Gasteiger partial charge in [0, 0.05) is 12.0 Å². The zero-order chi connectivity index (χ0) is 20.1. The van der Waals surface area contributed by atoms with Crippen molar-refractivity contribution in [3.63, 3.8) is 0 Å². The maximum atomic E-state index is 11.9. The summed E-state index contributed by atoms with van der Waals surface area (Å²) < 4.78 is 0. The molecule has 6 nitrogen and oxygen atoms in total. The van der Waals surface area contributed by atoms with E-state index in [4.69, 9.17) is 0 Å². The molecule has 5 rings (SSSR count). The Bertz CT molecular complexity index is 1160. The van der Waals surface area contributed by atoms with Crippen LogP contribution in [-0.2, 0) is 6.42 Å². The predicted octanol–water partition coefficient (Wildman–Crippen LogP) is 4.76. The van der Waals surface area contributed by atoms with Gasteiger partial charge in [0.2, 0.25) is 0 Å². The summed E-state index contributed by atoms with van der Waals surface area (Å²) in [6.07, 6.45) is 0.779. The molecule has 0 bridgehead atoms. The normalized spacial score (nSPS) is 21.4. The van der Waals surface area contributed by atoms with Gasteiger partial charge < -0.3 is 10.4 Å². The third kappa shape index (κ3) is 2.60. The van der Waals surface area contributed by atoms with Crippen molar-refractivity contribution in [1.29, 1.82) is 0 Å². The summed E-state index contributed by atoms with van der Waals surface area (Å²) >= 11 is 0. The highest BCUT2D eigenvalue weighted by atomic mass is 16.6. The second kappa shape index (κ2) is 6.44. The molecule has 3 aromatic rings. The van der Waals surface area contributed by atoms with Crippen molar-refractivity contribution in [2.75, 3.05) is 5.32 Å².